The van der Waals surface area contributed by atoms with Gasteiger partial charge in [0.25, 0.3) is 0 Å². The van der Waals surface area contributed by atoms with Gasteiger partial charge in [-0.05, 0) is 0 Å². The molecule has 2 aromatic rings. The third kappa shape index (κ3) is 2.63. The van der Waals surface area contributed by atoms with Crippen LogP contribution in [0.25, 0.3) is 0 Å². The van der Waals surface area contributed by atoms with Crippen LogP contribution in [0.5, 0.6) is 0 Å². The van der Waals surface area contributed by atoms with Crippen molar-refractivity contribution in [1.82, 2.24) is 0 Å². The fourth-order valence-electron chi connectivity index (χ4n) is 1.39. The molecule has 0 fully saturated rings. The third-order valence-electron chi connectivity index (χ3n) is 2.26. The first kappa shape index (κ1) is 10.8. The van der Waals surface area contributed by atoms with Gasteiger partial charge in [0.05, 0.1) is 0 Å². The first-order chi connectivity index (χ1) is 7.27. The van der Waals surface area contributed by atoms with Crippen molar-refractivity contribution in [2.24, 2.45) is 0 Å². The number of rotatable bonds is 2. The van der Waals surface area contributed by atoms with Gasteiger partial charge in [-0.3, -0.25) is 0 Å². The van der Waals surface area contributed by atoms with Crippen LogP contribution in [0.1, 0.15) is 5.56 Å². The van der Waals surface area contributed by atoms with Crippen LogP contribution in [0, 0.1) is 6.92 Å². The van der Waals surface area contributed by atoms with Gasteiger partial charge in [0.2, 0.25) is 0 Å². The van der Waals surface area contributed by atoms with E-state index in [1.165, 1.54) is 16.2 Å². The van der Waals surface area contributed by atoms with E-state index < -0.39 is 0 Å². The zero-order valence-corrected chi connectivity index (χ0v) is 11.2. The molecule has 0 aliphatic rings. The maximum absolute atomic E-state index is 3.29. The van der Waals surface area contributed by atoms with Gasteiger partial charge in [-0.2, -0.15) is 0 Å². The van der Waals surface area contributed by atoms with Gasteiger partial charge in [0, 0.05) is 0 Å². The minimum atomic E-state index is -0.308. The first-order valence-electron chi connectivity index (χ1n) is 4.86. The van der Waals surface area contributed by atoms with Crippen LogP contribution < -0.4 is 10.6 Å². The van der Waals surface area contributed by atoms with E-state index in [2.05, 4.69) is 76.6 Å². The maximum atomic E-state index is 3.29. The summed E-state index contributed by atoms with van der Waals surface area (Å²) in [6.07, 6.45) is -0.308. The summed E-state index contributed by atoms with van der Waals surface area (Å²) < 4.78 is 0. The molecule has 0 spiro atoms. The number of benzene rings is 2. The van der Waals surface area contributed by atoms with Gasteiger partial charge in [-0.15, -0.1) is 0 Å². The molecule has 0 bridgehead atoms. The molecule has 0 aliphatic carbocycles. The molecule has 15 heavy (non-hydrogen) atoms. The molecule has 0 aromatic heterocycles. The summed E-state index contributed by atoms with van der Waals surface area (Å²) in [6, 6.07) is 19.4. The summed E-state index contributed by atoms with van der Waals surface area (Å²) in [5.41, 5.74) is 1.32. The number of aryl methyl sites for hydroxylation is 1. The van der Waals surface area contributed by atoms with E-state index in [9.17, 15) is 0 Å². The van der Waals surface area contributed by atoms with Crippen LogP contribution in [-0.2, 0) is 0 Å². The second-order valence-corrected chi connectivity index (χ2v) is 7.39. The van der Waals surface area contributed by atoms with Gasteiger partial charge < -0.3 is 0 Å². The molecule has 0 radical (unpaired) electrons. The summed E-state index contributed by atoms with van der Waals surface area (Å²) in [6.45, 7) is 2.12. The molecule has 0 amide bonds. The Labute approximate surface area is 99.0 Å². The number of hydrogen-bond acceptors (Lipinski definition) is 0. The summed E-state index contributed by atoms with van der Waals surface area (Å²) >= 11 is 3.29. The quantitative estimate of drug-likeness (QED) is 0.585. The summed E-state index contributed by atoms with van der Waals surface area (Å²) in [4.78, 5) is 0. The molecule has 0 N–H and O–H groups in total. The van der Waals surface area contributed by atoms with Crippen molar-refractivity contribution in [3.63, 3.8) is 0 Å². The zero-order valence-electron chi connectivity index (χ0n) is 8.55. The molecular weight excluding hydrogens is 266 g/mol. The molecule has 2 heteroatoms. The molecule has 0 saturated heterocycles. The summed E-state index contributed by atoms with van der Waals surface area (Å²) in [5.74, 6) is 0. The Balaban J connectivity index is 2.33. The molecular formula is C13H12PSe+. The predicted molar refractivity (Wildman–Crippen MR) is 69.6 cm³/mol. The Bertz CT molecular complexity index is 460. The minimum absolute atomic E-state index is 0.308. The molecule has 0 saturated carbocycles. The van der Waals surface area contributed by atoms with Crippen LogP contribution in [0.15, 0.2) is 54.6 Å². The van der Waals surface area contributed by atoms with Crippen molar-refractivity contribution < 1.29 is 0 Å². The van der Waals surface area contributed by atoms with E-state index in [-0.39, 0.29) is 6.17 Å². The van der Waals surface area contributed by atoms with Gasteiger partial charge in [-0.25, -0.2) is 0 Å². The monoisotopic (exact) mass is 279 g/mol. The Morgan fingerprint density at radius 1 is 0.800 bits per heavy atom. The average molecular weight is 278 g/mol. The fraction of sp³-hybridized carbons (Fsp3) is 0.0769. The van der Waals surface area contributed by atoms with Crippen molar-refractivity contribution in [3.05, 3.63) is 60.2 Å². The molecule has 74 valence electrons. The van der Waals surface area contributed by atoms with Crippen LogP contribution in [0.4, 0.5) is 0 Å². The SMILES string of the molecule is Cc1ccc([P+](=[Se])c2ccccc2)cc1. The third-order valence-corrected chi connectivity index (χ3v) is 6.45. The summed E-state index contributed by atoms with van der Waals surface area (Å²) in [5, 5.41) is 2.78. The zero-order chi connectivity index (χ0) is 10.7. The van der Waals surface area contributed by atoms with E-state index in [4.69, 9.17) is 0 Å². The second-order valence-electron chi connectivity index (χ2n) is 3.47. The molecule has 0 nitrogen and oxygen atoms in total. The van der Waals surface area contributed by atoms with E-state index in [0.717, 1.165) is 0 Å². The normalized spacial score (nSPS) is 11.1. The van der Waals surface area contributed by atoms with E-state index in [0.29, 0.717) is 0 Å². The van der Waals surface area contributed by atoms with Gasteiger partial charge in [0.15, 0.2) is 0 Å². The van der Waals surface area contributed by atoms with Gasteiger partial charge >= 0.3 is 99.0 Å². The summed E-state index contributed by atoms with van der Waals surface area (Å²) in [7, 11) is 0. The van der Waals surface area contributed by atoms with Crippen LogP contribution in [0.3, 0.4) is 0 Å². The Hall–Kier alpha value is -0.741. The standard InChI is InChI=1S/C13H12PSe/c1-11-7-9-13(10-8-11)14(15)12-5-3-2-4-6-12/h2-10H,1H3/q+1. The van der Waals surface area contributed by atoms with E-state index in [1.54, 1.807) is 0 Å². The molecule has 0 aliphatic heterocycles. The Morgan fingerprint density at radius 3 is 1.93 bits per heavy atom. The Morgan fingerprint density at radius 2 is 1.33 bits per heavy atom. The van der Waals surface area contributed by atoms with Crippen molar-refractivity contribution in [2.45, 2.75) is 6.92 Å². The molecule has 0 heterocycles. The van der Waals surface area contributed by atoms with Crippen molar-refractivity contribution in [1.29, 1.82) is 0 Å². The van der Waals surface area contributed by atoms with Crippen molar-refractivity contribution in [2.75, 3.05) is 0 Å². The average Bonchev–Trinajstić information content (AvgIpc) is 2.30. The molecule has 1 unspecified atom stereocenters. The van der Waals surface area contributed by atoms with E-state index >= 15 is 0 Å². The first-order valence-corrected chi connectivity index (χ1v) is 8.42. The van der Waals surface area contributed by atoms with E-state index in [1.807, 2.05) is 0 Å². The number of hydrogen-bond donors (Lipinski definition) is 0. The topological polar surface area (TPSA) is 0 Å². The predicted octanol–water partition coefficient (Wildman–Crippen LogP) is 2.51. The van der Waals surface area contributed by atoms with Crippen LogP contribution >= 0.6 is 6.17 Å². The van der Waals surface area contributed by atoms with Crippen molar-refractivity contribution >= 4 is 31.9 Å². The second kappa shape index (κ2) is 4.86. The molecule has 2 aromatic carbocycles. The fourth-order valence-corrected chi connectivity index (χ4v) is 4.09. The van der Waals surface area contributed by atoms with Crippen LogP contribution in [0.2, 0.25) is 0 Å². The van der Waals surface area contributed by atoms with Gasteiger partial charge in [-0.1, -0.05) is 0 Å². The molecule has 1 atom stereocenters. The van der Waals surface area contributed by atoms with Crippen LogP contribution in [-0.4, -0.2) is 15.1 Å². The van der Waals surface area contributed by atoms with Crippen molar-refractivity contribution in [3.8, 4) is 0 Å². The Kier molecular flexibility index (Phi) is 3.48. The molecule has 2 rings (SSSR count). The van der Waals surface area contributed by atoms with Gasteiger partial charge in [0.1, 0.15) is 0 Å².